The lowest BCUT2D eigenvalue weighted by molar-refractivity contribution is 0.482. The van der Waals surface area contributed by atoms with Crippen LogP contribution in [-0.2, 0) is 0 Å². The van der Waals surface area contributed by atoms with Gasteiger partial charge in [-0.25, -0.2) is 0 Å². The Kier molecular flexibility index (Phi) is 2.32. The molecule has 0 fully saturated rings. The second-order valence-corrected chi connectivity index (χ2v) is 2.83. The lowest BCUT2D eigenvalue weighted by atomic mass is 10.3. The molecule has 0 aliphatic rings. The van der Waals surface area contributed by atoms with Crippen LogP contribution in [0, 0.1) is 0 Å². The van der Waals surface area contributed by atoms with Crippen molar-refractivity contribution < 1.29 is 4.74 Å². The topological polar surface area (TPSA) is 48.1 Å². The first-order chi connectivity index (χ1) is 6.86. The molecule has 70 valence electrons. The number of nitrogen functional groups attached to an aromatic ring is 1. The average molecular weight is 186 g/mol. The molecule has 0 aliphatic heterocycles. The normalized spacial score (nSPS) is 9.71. The molecular weight excluding hydrogens is 176 g/mol. The maximum atomic E-state index is 5.72. The fraction of sp³-hybridized carbons (Fsp3) is 0. The predicted octanol–water partition coefficient (Wildman–Crippen LogP) is 2.46. The molecule has 3 nitrogen and oxygen atoms in total. The van der Waals surface area contributed by atoms with Crippen molar-refractivity contribution in [2.24, 2.45) is 0 Å². The standard InChI is InChI=1S/C11H10N2O/c12-10-5-1-2-6-11(10)14-9-4-3-7-13-8-9/h1-8H,12H2. The minimum Gasteiger partial charge on any atom is -0.454 e. The van der Waals surface area contributed by atoms with Gasteiger partial charge in [-0.1, -0.05) is 12.1 Å². The van der Waals surface area contributed by atoms with E-state index in [4.69, 9.17) is 10.5 Å². The summed E-state index contributed by atoms with van der Waals surface area (Å²) in [5.41, 5.74) is 6.34. The van der Waals surface area contributed by atoms with E-state index in [-0.39, 0.29) is 0 Å². The first kappa shape index (κ1) is 8.56. The highest BCUT2D eigenvalue weighted by Gasteiger charge is 1.99. The van der Waals surface area contributed by atoms with Gasteiger partial charge in [0.05, 0.1) is 11.9 Å². The highest BCUT2D eigenvalue weighted by Crippen LogP contribution is 2.25. The Bertz CT molecular complexity index is 415. The molecule has 1 aromatic heterocycles. The second-order valence-electron chi connectivity index (χ2n) is 2.83. The highest BCUT2D eigenvalue weighted by atomic mass is 16.5. The highest BCUT2D eigenvalue weighted by molar-refractivity contribution is 5.53. The molecule has 0 aliphatic carbocycles. The summed E-state index contributed by atoms with van der Waals surface area (Å²) < 4.78 is 5.52. The van der Waals surface area contributed by atoms with Crippen LogP contribution in [-0.4, -0.2) is 4.98 Å². The number of aromatic nitrogens is 1. The first-order valence-corrected chi connectivity index (χ1v) is 4.28. The molecule has 2 rings (SSSR count). The lowest BCUT2D eigenvalue weighted by Gasteiger charge is -2.06. The fourth-order valence-corrected chi connectivity index (χ4v) is 1.11. The summed E-state index contributed by atoms with van der Waals surface area (Å²) in [6, 6.07) is 11.0. The monoisotopic (exact) mass is 186 g/mol. The zero-order valence-corrected chi connectivity index (χ0v) is 7.55. The van der Waals surface area contributed by atoms with Gasteiger partial charge in [0.1, 0.15) is 11.5 Å². The zero-order chi connectivity index (χ0) is 9.80. The average Bonchev–Trinajstić information content (AvgIpc) is 2.23. The number of nitrogens with two attached hydrogens (primary N) is 1. The van der Waals surface area contributed by atoms with Crippen LogP contribution in [0.5, 0.6) is 11.5 Å². The van der Waals surface area contributed by atoms with E-state index in [1.165, 1.54) is 0 Å². The van der Waals surface area contributed by atoms with Crippen molar-refractivity contribution in [3.8, 4) is 11.5 Å². The summed E-state index contributed by atoms with van der Waals surface area (Å²) in [5, 5.41) is 0. The third-order valence-corrected chi connectivity index (χ3v) is 1.78. The van der Waals surface area contributed by atoms with Crippen molar-refractivity contribution in [1.29, 1.82) is 0 Å². The molecule has 0 unspecified atom stereocenters. The van der Waals surface area contributed by atoms with Gasteiger partial charge in [-0.15, -0.1) is 0 Å². The van der Waals surface area contributed by atoms with E-state index < -0.39 is 0 Å². The molecule has 0 saturated carbocycles. The molecule has 0 radical (unpaired) electrons. The molecule has 0 bridgehead atoms. The quantitative estimate of drug-likeness (QED) is 0.733. The van der Waals surface area contributed by atoms with Crippen LogP contribution < -0.4 is 10.5 Å². The van der Waals surface area contributed by atoms with Crippen LogP contribution >= 0.6 is 0 Å². The second kappa shape index (κ2) is 3.79. The van der Waals surface area contributed by atoms with E-state index in [0.29, 0.717) is 17.2 Å². The van der Waals surface area contributed by atoms with E-state index in [9.17, 15) is 0 Å². The molecule has 0 spiro atoms. The summed E-state index contributed by atoms with van der Waals surface area (Å²) in [6.07, 6.45) is 3.34. The SMILES string of the molecule is Nc1ccccc1Oc1cccnc1. The molecule has 0 amide bonds. The molecule has 0 atom stereocenters. The smallest absolute Gasteiger partial charge is 0.150 e. The third-order valence-electron chi connectivity index (χ3n) is 1.78. The van der Waals surface area contributed by atoms with Crippen LogP contribution in [0.2, 0.25) is 0 Å². The molecule has 0 saturated heterocycles. The Morgan fingerprint density at radius 2 is 1.93 bits per heavy atom. The van der Waals surface area contributed by atoms with Crippen molar-refractivity contribution >= 4 is 5.69 Å². The molecule has 2 N–H and O–H groups in total. The number of pyridine rings is 1. The number of nitrogens with zero attached hydrogens (tertiary/aromatic N) is 1. The zero-order valence-electron chi connectivity index (χ0n) is 7.55. The van der Waals surface area contributed by atoms with Gasteiger partial charge in [0.15, 0.2) is 0 Å². The minimum atomic E-state index is 0.622. The molecule has 3 heteroatoms. The molecule has 14 heavy (non-hydrogen) atoms. The van der Waals surface area contributed by atoms with Gasteiger partial charge in [-0.3, -0.25) is 4.98 Å². The molecule has 2 aromatic rings. The first-order valence-electron chi connectivity index (χ1n) is 4.28. The summed E-state index contributed by atoms with van der Waals surface area (Å²) in [6.45, 7) is 0. The van der Waals surface area contributed by atoms with Gasteiger partial charge in [0, 0.05) is 6.20 Å². The van der Waals surface area contributed by atoms with E-state index >= 15 is 0 Å². The fourth-order valence-electron chi connectivity index (χ4n) is 1.11. The van der Waals surface area contributed by atoms with Gasteiger partial charge in [-0.05, 0) is 24.3 Å². The van der Waals surface area contributed by atoms with E-state index in [2.05, 4.69) is 4.98 Å². The summed E-state index contributed by atoms with van der Waals surface area (Å²) in [5.74, 6) is 1.34. The summed E-state index contributed by atoms with van der Waals surface area (Å²) in [7, 11) is 0. The van der Waals surface area contributed by atoms with Crippen molar-refractivity contribution in [3.63, 3.8) is 0 Å². The number of ether oxygens (including phenoxy) is 1. The largest absolute Gasteiger partial charge is 0.454 e. The van der Waals surface area contributed by atoms with E-state index in [1.807, 2.05) is 30.3 Å². The Morgan fingerprint density at radius 3 is 2.64 bits per heavy atom. The Morgan fingerprint density at radius 1 is 1.07 bits per heavy atom. The molecular formula is C11H10N2O. The van der Waals surface area contributed by atoms with Crippen molar-refractivity contribution in [1.82, 2.24) is 4.98 Å². The number of para-hydroxylation sites is 2. The molecule has 1 heterocycles. The number of anilines is 1. The Labute approximate surface area is 82.2 Å². The van der Waals surface area contributed by atoms with Gasteiger partial charge < -0.3 is 10.5 Å². The maximum Gasteiger partial charge on any atom is 0.150 e. The number of hydrogen-bond acceptors (Lipinski definition) is 3. The van der Waals surface area contributed by atoms with Gasteiger partial charge in [0.25, 0.3) is 0 Å². The van der Waals surface area contributed by atoms with Crippen LogP contribution in [0.25, 0.3) is 0 Å². The van der Waals surface area contributed by atoms with Crippen LogP contribution in [0.3, 0.4) is 0 Å². The Hall–Kier alpha value is -2.03. The molecule has 1 aromatic carbocycles. The summed E-state index contributed by atoms with van der Waals surface area (Å²) >= 11 is 0. The predicted molar refractivity (Wildman–Crippen MR) is 55.2 cm³/mol. The maximum absolute atomic E-state index is 5.72. The van der Waals surface area contributed by atoms with Crippen LogP contribution in [0.4, 0.5) is 5.69 Å². The van der Waals surface area contributed by atoms with Crippen LogP contribution in [0.1, 0.15) is 0 Å². The lowest BCUT2D eigenvalue weighted by Crippen LogP contribution is -1.91. The van der Waals surface area contributed by atoms with Gasteiger partial charge in [0.2, 0.25) is 0 Å². The summed E-state index contributed by atoms with van der Waals surface area (Å²) in [4.78, 5) is 3.94. The number of hydrogen-bond donors (Lipinski definition) is 1. The van der Waals surface area contributed by atoms with E-state index in [1.54, 1.807) is 18.5 Å². The van der Waals surface area contributed by atoms with Gasteiger partial charge in [-0.2, -0.15) is 0 Å². The number of benzene rings is 1. The van der Waals surface area contributed by atoms with Gasteiger partial charge >= 0.3 is 0 Å². The number of rotatable bonds is 2. The van der Waals surface area contributed by atoms with Crippen molar-refractivity contribution in [2.75, 3.05) is 5.73 Å². The Balaban J connectivity index is 2.24. The van der Waals surface area contributed by atoms with E-state index in [0.717, 1.165) is 0 Å². The van der Waals surface area contributed by atoms with Crippen molar-refractivity contribution in [2.45, 2.75) is 0 Å². The third kappa shape index (κ3) is 1.82. The minimum absolute atomic E-state index is 0.622. The van der Waals surface area contributed by atoms with Crippen LogP contribution in [0.15, 0.2) is 48.8 Å². The van der Waals surface area contributed by atoms with Crippen molar-refractivity contribution in [3.05, 3.63) is 48.8 Å².